The van der Waals surface area contributed by atoms with E-state index in [4.69, 9.17) is 4.74 Å². The first-order valence-corrected chi connectivity index (χ1v) is 10.5. The summed E-state index contributed by atoms with van der Waals surface area (Å²) in [6.07, 6.45) is 5.48. The number of carbonyl (C=O) groups is 2. The molecule has 1 aliphatic carbocycles. The Kier molecular flexibility index (Phi) is 6.18. The third-order valence-corrected chi connectivity index (χ3v) is 6.73. The van der Waals surface area contributed by atoms with E-state index in [0.717, 1.165) is 52.0 Å². The predicted octanol–water partition coefficient (Wildman–Crippen LogP) is 2.47. The lowest BCUT2D eigenvalue weighted by molar-refractivity contribution is -0.0131. The molecule has 7 nitrogen and oxygen atoms in total. The molecule has 2 aliphatic heterocycles. The summed E-state index contributed by atoms with van der Waals surface area (Å²) in [5, 5.41) is 0. The molecule has 2 saturated heterocycles. The third-order valence-electron chi connectivity index (χ3n) is 6.73. The molecule has 0 aromatic rings. The molecule has 1 spiro atoms. The van der Waals surface area contributed by atoms with E-state index in [-0.39, 0.29) is 12.1 Å². The molecule has 7 heteroatoms. The highest BCUT2D eigenvalue weighted by Crippen LogP contribution is 2.50. The molecule has 3 fully saturated rings. The largest absolute Gasteiger partial charge is 0.450 e. The summed E-state index contributed by atoms with van der Waals surface area (Å²) < 4.78 is 5.15. The van der Waals surface area contributed by atoms with Gasteiger partial charge in [0.1, 0.15) is 0 Å². The van der Waals surface area contributed by atoms with Gasteiger partial charge >= 0.3 is 12.1 Å². The van der Waals surface area contributed by atoms with Gasteiger partial charge in [0.05, 0.1) is 6.61 Å². The number of ether oxygens (including phenoxy) is 1. The van der Waals surface area contributed by atoms with Crippen LogP contribution in [0.1, 0.15) is 46.0 Å². The lowest BCUT2D eigenvalue weighted by Gasteiger charge is -2.52. The minimum atomic E-state index is -0.149. The number of piperidine rings is 1. The Morgan fingerprint density at radius 2 is 1.78 bits per heavy atom. The molecule has 0 aromatic heterocycles. The molecule has 154 valence electrons. The predicted molar refractivity (Wildman–Crippen MR) is 105 cm³/mol. The number of hydrogen-bond donors (Lipinski definition) is 0. The maximum absolute atomic E-state index is 12.4. The summed E-state index contributed by atoms with van der Waals surface area (Å²) in [6.45, 7) is 9.00. The first-order valence-electron chi connectivity index (χ1n) is 10.5. The Morgan fingerprint density at radius 1 is 1.11 bits per heavy atom. The van der Waals surface area contributed by atoms with Crippen LogP contribution in [0.15, 0.2) is 0 Å². The Balaban J connectivity index is 1.44. The van der Waals surface area contributed by atoms with Gasteiger partial charge in [-0.05, 0) is 51.4 Å². The van der Waals surface area contributed by atoms with E-state index >= 15 is 0 Å². The summed E-state index contributed by atoms with van der Waals surface area (Å²) in [6, 6.07) is 1.14. The van der Waals surface area contributed by atoms with E-state index in [1.165, 1.54) is 12.8 Å². The van der Waals surface area contributed by atoms with Crippen molar-refractivity contribution < 1.29 is 14.3 Å². The van der Waals surface area contributed by atoms with Crippen LogP contribution in [0.3, 0.4) is 0 Å². The van der Waals surface area contributed by atoms with Gasteiger partial charge in [0.15, 0.2) is 0 Å². The van der Waals surface area contributed by atoms with Gasteiger partial charge < -0.3 is 24.3 Å². The smallest absolute Gasteiger partial charge is 0.409 e. The summed E-state index contributed by atoms with van der Waals surface area (Å²) in [4.78, 5) is 32.5. The van der Waals surface area contributed by atoms with Crippen molar-refractivity contribution in [2.24, 2.45) is 5.41 Å². The van der Waals surface area contributed by atoms with Crippen LogP contribution in [0.4, 0.5) is 9.59 Å². The number of hydrogen-bond acceptors (Lipinski definition) is 4. The van der Waals surface area contributed by atoms with Crippen LogP contribution in [0, 0.1) is 5.41 Å². The third kappa shape index (κ3) is 4.18. The van der Waals surface area contributed by atoms with Crippen LogP contribution in [0.2, 0.25) is 0 Å². The van der Waals surface area contributed by atoms with Crippen LogP contribution in [-0.4, -0.2) is 97.2 Å². The van der Waals surface area contributed by atoms with Crippen molar-refractivity contribution in [3.05, 3.63) is 0 Å². The minimum Gasteiger partial charge on any atom is -0.450 e. The lowest BCUT2D eigenvalue weighted by atomic mass is 9.64. The fraction of sp³-hybridized carbons (Fsp3) is 0.900. The zero-order chi connectivity index (χ0) is 19.6. The molecule has 0 unspecified atom stereocenters. The van der Waals surface area contributed by atoms with Crippen LogP contribution in [0.5, 0.6) is 0 Å². The van der Waals surface area contributed by atoms with Crippen molar-refractivity contribution >= 4 is 12.1 Å². The van der Waals surface area contributed by atoms with Gasteiger partial charge in [-0.2, -0.15) is 0 Å². The molecular formula is C20H36N4O3. The first-order chi connectivity index (χ1) is 12.9. The Labute approximate surface area is 163 Å². The van der Waals surface area contributed by atoms with Gasteiger partial charge in [0, 0.05) is 58.9 Å². The van der Waals surface area contributed by atoms with E-state index < -0.39 is 0 Å². The molecule has 3 amide bonds. The molecule has 0 bridgehead atoms. The van der Waals surface area contributed by atoms with Crippen molar-refractivity contribution in [2.45, 2.75) is 58.0 Å². The van der Waals surface area contributed by atoms with Gasteiger partial charge in [0.25, 0.3) is 0 Å². The second kappa shape index (κ2) is 8.25. The van der Waals surface area contributed by atoms with E-state index in [9.17, 15) is 9.59 Å². The monoisotopic (exact) mass is 380 g/mol. The molecule has 1 saturated carbocycles. The van der Waals surface area contributed by atoms with E-state index in [0.29, 0.717) is 24.1 Å². The standard InChI is InChI=1S/C20H36N4O3/c1-5-24(18(25)21(3)4)16-7-10-22(11-8-16)17-13-20(14-17)9-12-23(15-20)19(26)27-6-2/h16-17H,5-15H2,1-4H3. The van der Waals surface area contributed by atoms with Crippen LogP contribution >= 0.6 is 0 Å². The lowest BCUT2D eigenvalue weighted by Crippen LogP contribution is -2.57. The van der Waals surface area contributed by atoms with E-state index in [2.05, 4.69) is 11.8 Å². The van der Waals surface area contributed by atoms with E-state index in [1.54, 1.807) is 4.90 Å². The topological polar surface area (TPSA) is 56.3 Å². The number of amides is 3. The average molecular weight is 381 g/mol. The van der Waals surface area contributed by atoms with Crippen LogP contribution in [-0.2, 0) is 4.74 Å². The van der Waals surface area contributed by atoms with Gasteiger partial charge in [-0.25, -0.2) is 9.59 Å². The van der Waals surface area contributed by atoms with Gasteiger partial charge in [-0.15, -0.1) is 0 Å². The molecule has 0 radical (unpaired) electrons. The molecular weight excluding hydrogens is 344 g/mol. The summed E-state index contributed by atoms with van der Waals surface area (Å²) in [7, 11) is 3.66. The maximum atomic E-state index is 12.4. The minimum absolute atomic E-state index is 0.128. The van der Waals surface area contributed by atoms with Gasteiger partial charge in [-0.1, -0.05) is 0 Å². The number of carbonyl (C=O) groups excluding carboxylic acids is 2. The van der Waals surface area contributed by atoms with Crippen molar-refractivity contribution in [1.82, 2.24) is 19.6 Å². The van der Waals surface area contributed by atoms with Crippen LogP contribution in [0.25, 0.3) is 0 Å². The second-order valence-electron chi connectivity index (χ2n) is 8.66. The van der Waals surface area contributed by atoms with Crippen molar-refractivity contribution in [3.8, 4) is 0 Å². The van der Waals surface area contributed by atoms with Crippen molar-refractivity contribution in [3.63, 3.8) is 0 Å². The van der Waals surface area contributed by atoms with Crippen LogP contribution < -0.4 is 0 Å². The van der Waals surface area contributed by atoms with Crippen molar-refractivity contribution in [1.29, 1.82) is 0 Å². The molecule has 3 aliphatic rings. The summed E-state index contributed by atoms with van der Waals surface area (Å²) >= 11 is 0. The number of rotatable bonds is 4. The first kappa shape index (κ1) is 20.2. The molecule has 0 N–H and O–H groups in total. The second-order valence-corrected chi connectivity index (χ2v) is 8.66. The van der Waals surface area contributed by atoms with E-state index in [1.807, 2.05) is 30.8 Å². The molecule has 27 heavy (non-hydrogen) atoms. The zero-order valence-corrected chi connectivity index (χ0v) is 17.4. The number of nitrogens with zero attached hydrogens (tertiary/aromatic N) is 4. The molecule has 0 atom stereocenters. The fourth-order valence-corrected chi connectivity index (χ4v) is 5.21. The molecule has 3 rings (SSSR count). The highest BCUT2D eigenvalue weighted by atomic mass is 16.6. The van der Waals surface area contributed by atoms with Crippen molar-refractivity contribution in [2.75, 3.05) is 53.4 Å². The molecule has 0 aromatic carbocycles. The Morgan fingerprint density at radius 3 is 2.33 bits per heavy atom. The summed E-state index contributed by atoms with van der Waals surface area (Å²) in [5.74, 6) is 0. The highest BCUT2D eigenvalue weighted by Gasteiger charge is 2.51. The SMILES string of the molecule is CCOC(=O)N1CCC2(CC(N3CCC(N(CC)C(=O)N(C)C)CC3)C2)C1. The number of urea groups is 1. The fourth-order valence-electron chi connectivity index (χ4n) is 5.21. The summed E-state index contributed by atoms with van der Waals surface area (Å²) in [5.41, 5.74) is 0.324. The Bertz CT molecular complexity index is 539. The zero-order valence-electron chi connectivity index (χ0n) is 17.4. The highest BCUT2D eigenvalue weighted by molar-refractivity contribution is 5.74. The normalized spacial score (nSPS) is 28.9. The number of likely N-dealkylation sites (tertiary alicyclic amines) is 2. The van der Waals surface area contributed by atoms with Gasteiger partial charge in [0.2, 0.25) is 0 Å². The maximum Gasteiger partial charge on any atom is 0.409 e. The average Bonchev–Trinajstić information content (AvgIpc) is 3.08. The van der Waals surface area contributed by atoms with Gasteiger partial charge in [-0.3, -0.25) is 0 Å². The molecule has 2 heterocycles. The Hall–Kier alpha value is -1.50. The quantitative estimate of drug-likeness (QED) is 0.752.